The van der Waals surface area contributed by atoms with E-state index < -0.39 is 11.7 Å². The van der Waals surface area contributed by atoms with E-state index >= 15 is 0 Å². The molecule has 1 aromatic carbocycles. The lowest BCUT2D eigenvalue weighted by molar-refractivity contribution is -0.137. The van der Waals surface area contributed by atoms with Crippen molar-refractivity contribution in [2.75, 3.05) is 31.6 Å². The quantitative estimate of drug-likeness (QED) is 0.873. The van der Waals surface area contributed by atoms with E-state index in [-0.39, 0.29) is 6.04 Å². The Labute approximate surface area is 103 Å². The van der Waals surface area contributed by atoms with Crippen LogP contribution in [-0.2, 0) is 10.9 Å². The number of ether oxygens (including phenoxy) is 1. The summed E-state index contributed by atoms with van der Waals surface area (Å²) in [6, 6.07) is 5.33. The number of hydrogen-bond donors (Lipinski definition) is 2. The summed E-state index contributed by atoms with van der Waals surface area (Å²) in [5, 5.41) is 6.21. The number of halogens is 3. The van der Waals surface area contributed by atoms with Crippen molar-refractivity contribution in [2.24, 2.45) is 0 Å². The van der Waals surface area contributed by atoms with Crippen molar-refractivity contribution in [1.29, 1.82) is 0 Å². The Kier molecular flexibility index (Phi) is 4.08. The molecular weight excluding hydrogens is 245 g/mol. The van der Waals surface area contributed by atoms with Gasteiger partial charge in [-0.1, -0.05) is 6.07 Å². The molecule has 1 fully saturated rings. The maximum Gasteiger partial charge on any atom is 0.416 e. The van der Waals surface area contributed by atoms with Crippen LogP contribution in [0.3, 0.4) is 0 Å². The molecule has 1 heterocycles. The second-order valence-corrected chi connectivity index (χ2v) is 4.19. The van der Waals surface area contributed by atoms with Crippen LogP contribution in [0, 0.1) is 0 Å². The zero-order chi connectivity index (χ0) is 13.0. The molecule has 1 unspecified atom stereocenters. The van der Waals surface area contributed by atoms with E-state index in [1.807, 2.05) is 0 Å². The third-order valence-electron chi connectivity index (χ3n) is 2.74. The third-order valence-corrected chi connectivity index (χ3v) is 2.74. The van der Waals surface area contributed by atoms with Crippen molar-refractivity contribution in [3.05, 3.63) is 29.8 Å². The van der Waals surface area contributed by atoms with Crippen molar-refractivity contribution in [3.8, 4) is 0 Å². The van der Waals surface area contributed by atoms with Crippen molar-refractivity contribution in [2.45, 2.75) is 12.2 Å². The summed E-state index contributed by atoms with van der Waals surface area (Å²) in [6.07, 6.45) is -4.30. The highest BCUT2D eigenvalue weighted by molar-refractivity contribution is 5.46. The topological polar surface area (TPSA) is 33.3 Å². The zero-order valence-electron chi connectivity index (χ0n) is 9.76. The summed E-state index contributed by atoms with van der Waals surface area (Å²) in [6.45, 7) is 2.57. The molecule has 2 rings (SSSR count). The fraction of sp³-hybridized carbons (Fsp3) is 0.500. The summed E-state index contributed by atoms with van der Waals surface area (Å²) in [4.78, 5) is 0. The van der Waals surface area contributed by atoms with E-state index in [0.29, 0.717) is 25.4 Å². The fourth-order valence-corrected chi connectivity index (χ4v) is 1.80. The summed E-state index contributed by atoms with van der Waals surface area (Å²) in [7, 11) is 0. The van der Waals surface area contributed by atoms with Gasteiger partial charge >= 0.3 is 6.18 Å². The van der Waals surface area contributed by atoms with E-state index in [1.165, 1.54) is 6.07 Å². The molecule has 6 heteroatoms. The normalized spacial score (nSPS) is 20.7. The van der Waals surface area contributed by atoms with Gasteiger partial charge in [-0.3, -0.25) is 0 Å². The lowest BCUT2D eigenvalue weighted by atomic mass is 10.2. The summed E-state index contributed by atoms with van der Waals surface area (Å²) >= 11 is 0. The first-order chi connectivity index (χ1) is 8.55. The van der Waals surface area contributed by atoms with Gasteiger partial charge in [-0.2, -0.15) is 13.2 Å². The summed E-state index contributed by atoms with van der Waals surface area (Å²) in [5.41, 5.74) is -0.169. The third kappa shape index (κ3) is 3.61. The van der Waals surface area contributed by atoms with Crippen LogP contribution >= 0.6 is 0 Å². The Balaban J connectivity index is 1.92. The highest BCUT2D eigenvalue weighted by Gasteiger charge is 2.30. The van der Waals surface area contributed by atoms with Gasteiger partial charge in [0.05, 0.1) is 18.8 Å². The number of nitrogens with one attached hydrogen (secondary N) is 2. The molecule has 1 aliphatic heterocycles. The lowest BCUT2D eigenvalue weighted by Gasteiger charge is -2.24. The molecule has 0 spiro atoms. The van der Waals surface area contributed by atoms with Gasteiger partial charge in [-0.25, -0.2) is 0 Å². The molecule has 0 saturated carbocycles. The minimum absolute atomic E-state index is 0.133. The highest BCUT2D eigenvalue weighted by Crippen LogP contribution is 2.30. The van der Waals surface area contributed by atoms with Crippen molar-refractivity contribution in [3.63, 3.8) is 0 Å². The Morgan fingerprint density at radius 1 is 1.39 bits per heavy atom. The smallest absolute Gasteiger partial charge is 0.383 e. The van der Waals surface area contributed by atoms with Gasteiger partial charge in [0.25, 0.3) is 0 Å². The zero-order valence-corrected chi connectivity index (χ0v) is 9.76. The van der Waals surface area contributed by atoms with E-state index in [2.05, 4.69) is 10.6 Å². The molecule has 1 aromatic rings. The maximum absolute atomic E-state index is 12.5. The molecule has 1 atom stereocenters. The second-order valence-electron chi connectivity index (χ2n) is 4.19. The van der Waals surface area contributed by atoms with Crippen LogP contribution in [0.1, 0.15) is 5.56 Å². The minimum atomic E-state index is -4.30. The monoisotopic (exact) mass is 260 g/mol. The van der Waals surface area contributed by atoms with Crippen LogP contribution in [0.15, 0.2) is 24.3 Å². The fourth-order valence-electron chi connectivity index (χ4n) is 1.80. The molecule has 0 amide bonds. The van der Waals surface area contributed by atoms with Gasteiger partial charge in [0.15, 0.2) is 0 Å². The SMILES string of the molecule is FC(F)(F)c1cccc(NCC2COCCN2)c1. The first-order valence-electron chi connectivity index (χ1n) is 5.78. The molecule has 1 saturated heterocycles. The standard InChI is InChI=1S/C12H15F3N2O/c13-12(14,15)9-2-1-3-10(6-9)17-7-11-8-18-5-4-16-11/h1-3,6,11,16-17H,4-5,7-8H2. The van der Waals surface area contributed by atoms with Gasteiger partial charge in [0, 0.05) is 24.8 Å². The first-order valence-corrected chi connectivity index (χ1v) is 5.78. The molecule has 100 valence electrons. The number of anilines is 1. The highest BCUT2D eigenvalue weighted by atomic mass is 19.4. The number of morpholine rings is 1. The molecular formula is C12H15F3N2O. The number of benzene rings is 1. The molecule has 0 radical (unpaired) electrons. The molecule has 0 aromatic heterocycles. The summed E-state index contributed by atoms with van der Waals surface area (Å²) < 4.78 is 42.8. The van der Waals surface area contributed by atoms with Gasteiger partial charge in [0.1, 0.15) is 0 Å². The van der Waals surface area contributed by atoms with E-state index in [0.717, 1.165) is 18.7 Å². The van der Waals surface area contributed by atoms with Gasteiger partial charge in [-0.15, -0.1) is 0 Å². The Hall–Kier alpha value is -1.27. The Morgan fingerprint density at radius 2 is 2.22 bits per heavy atom. The molecule has 0 bridgehead atoms. The molecule has 3 nitrogen and oxygen atoms in total. The van der Waals surface area contributed by atoms with E-state index in [4.69, 9.17) is 4.74 Å². The van der Waals surface area contributed by atoms with Crippen molar-refractivity contribution >= 4 is 5.69 Å². The van der Waals surface area contributed by atoms with Gasteiger partial charge in [0.2, 0.25) is 0 Å². The predicted molar refractivity (Wildman–Crippen MR) is 62.5 cm³/mol. The maximum atomic E-state index is 12.5. The van der Waals surface area contributed by atoms with E-state index in [9.17, 15) is 13.2 Å². The van der Waals surface area contributed by atoms with E-state index in [1.54, 1.807) is 6.07 Å². The van der Waals surface area contributed by atoms with Crippen LogP contribution in [0.2, 0.25) is 0 Å². The molecule has 2 N–H and O–H groups in total. The van der Waals surface area contributed by atoms with Crippen LogP contribution < -0.4 is 10.6 Å². The average Bonchev–Trinajstić information content (AvgIpc) is 2.37. The Morgan fingerprint density at radius 3 is 2.89 bits per heavy atom. The van der Waals surface area contributed by atoms with Crippen LogP contribution in [0.25, 0.3) is 0 Å². The van der Waals surface area contributed by atoms with Gasteiger partial charge in [-0.05, 0) is 18.2 Å². The van der Waals surface area contributed by atoms with Crippen molar-refractivity contribution in [1.82, 2.24) is 5.32 Å². The van der Waals surface area contributed by atoms with Crippen molar-refractivity contribution < 1.29 is 17.9 Å². The average molecular weight is 260 g/mol. The number of hydrogen-bond acceptors (Lipinski definition) is 3. The van der Waals surface area contributed by atoms with Crippen LogP contribution in [-0.4, -0.2) is 32.3 Å². The van der Waals surface area contributed by atoms with Gasteiger partial charge < -0.3 is 15.4 Å². The first kappa shape index (κ1) is 13.2. The second kappa shape index (κ2) is 5.58. The molecule has 1 aliphatic rings. The molecule has 18 heavy (non-hydrogen) atoms. The predicted octanol–water partition coefficient (Wildman–Crippen LogP) is 2.11. The van der Waals surface area contributed by atoms with Crippen LogP contribution in [0.4, 0.5) is 18.9 Å². The van der Waals surface area contributed by atoms with Crippen LogP contribution in [0.5, 0.6) is 0 Å². The largest absolute Gasteiger partial charge is 0.416 e. The number of rotatable bonds is 3. The summed E-state index contributed by atoms with van der Waals surface area (Å²) in [5.74, 6) is 0. The minimum Gasteiger partial charge on any atom is -0.383 e. The number of alkyl halides is 3. The lowest BCUT2D eigenvalue weighted by Crippen LogP contribution is -2.45. The Bertz CT molecular complexity index is 389. The molecule has 0 aliphatic carbocycles.